The molecule has 0 saturated heterocycles. The van der Waals surface area contributed by atoms with E-state index in [1.807, 2.05) is 0 Å². The zero-order chi connectivity index (χ0) is 10.7. The van der Waals surface area contributed by atoms with Crippen LogP contribution in [0, 0.1) is 0 Å². The molecule has 0 saturated carbocycles. The maximum absolute atomic E-state index is 11.5. The molecule has 0 amide bonds. The van der Waals surface area contributed by atoms with Crippen LogP contribution in [-0.4, -0.2) is 16.7 Å². The zero-order valence-corrected chi connectivity index (χ0v) is 8.25. The number of hydrogen-bond acceptors (Lipinski definition) is 3. The van der Waals surface area contributed by atoms with Crippen molar-refractivity contribution in [3.63, 3.8) is 0 Å². The molecule has 0 N–H and O–H groups in total. The van der Waals surface area contributed by atoms with Gasteiger partial charge in [-0.05, 0) is 12.1 Å². The maximum Gasteiger partial charge on any atom is 0.256 e. The lowest BCUT2D eigenvalue weighted by Gasteiger charge is -2.05. The summed E-state index contributed by atoms with van der Waals surface area (Å²) in [6.45, 7) is 0. The Kier molecular flexibility index (Phi) is 2.49. The highest BCUT2D eigenvalue weighted by molar-refractivity contribution is 5.32. The van der Waals surface area contributed by atoms with E-state index in [1.165, 1.54) is 10.6 Å². The van der Waals surface area contributed by atoms with Crippen molar-refractivity contribution < 1.29 is 4.74 Å². The Hall–Kier alpha value is -2.10. The summed E-state index contributed by atoms with van der Waals surface area (Å²) in [5.41, 5.74) is -0.113. The van der Waals surface area contributed by atoms with Gasteiger partial charge in [0.25, 0.3) is 5.56 Å². The molecule has 15 heavy (non-hydrogen) atoms. The highest BCUT2D eigenvalue weighted by Gasteiger charge is 2.00. The first-order chi connectivity index (χ1) is 7.31. The molecule has 0 aliphatic rings. The molecule has 0 unspecified atom stereocenters. The summed E-state index contributed by atoms with van der Waals surface area (Å²) < 4.78 is 6.52. The van der Waals surface area contributed by atoms with E-state index in [-0.39, 0.29) is 5.56 Å². The molecule has 0 spiro atoms. The molecule has 4 heteroatoms. The number of ether oxygens (including phenoxy) is 1. The molecule has 0 fully saturated rings. The third-order valence-corrected chi connectivity index (χ3v) is 2.02. The molecular formula is C11H10N2O2. The van der Waals surface area contributed by atoms with Gasteiger partial charge >= 0.3 is 0 Å². The number of pyridine rings is 2. The molecule has 2 heterocycles. The lowest BCUT2D eigenvalue weighted by molar-refractivity contribution is 0.414. The van der Waals surface area contributed by atoms with Gasteiger partial charge in [0.1, 0.15) is 11.6 Å². The first-order valence-corrected chi connectivity index (χ1v) is 4.49. The fraction of sp³-hybridized carbons (Fsp3) is 0.0909. The molecule has 4 nitrogen and oxygen atoms in total. The molecule has 2 aromatic rings. The second-order valence-corrected chi connectivity index (χ2v) is 2.96. The summed E-state index contributed by atoms with van der Waals surface area (Å²) in [4.78, 5) is 15.6. The molecule has 2 rings (SSSR count). The van der Waals surface area contributed by atoms with Crippen molar-refractivity contribution in [3.05, 3.63) is 53.1 Å². The van der Waals surface area contributed by atoms with E-state index in [0.717, 1.165) is 0 Å². The predicted molar refractivity (Wildman–Crippen MR) is 56.4 cm³/mol. The normalized spacial score (nSPS) is 9.93. The Labute approximate surface area is 86.8 Å². The second-order valence-electron chi connectivity index (χ2n) is 2.96. The van der Waals surface area contributed by atoms with E-state index in [0.29, 0.717) is 11.6 Å². The number of nitrogens with zero attached hydrogens (tertiary/aromatic N) is 2. The average Bonchev–Trinajstić information content (AvgIpc) is 2.30. The monoisotopic (exact) mass is 202 g/mol. The van der Waals surface area contributed by atoms with Crippen LogP contribution in [0.25, 0.3) is 5.82 Å². The summed E-state index contributed by atoms with van der Waals surface area (Å²) in [6.07, 6.45) is 3.28. The van der Waals surface area contributed by atoms with E-state index in [9.17, 15) is 4.79 Å². The molecule has 0 aliphatic carbocycles. The van der Waals surface area contributed by atoms with Crippen LogP contribution in [0.4, 0.5) is 0 Å². The topological polar surface area (TPSA) is 44.1 Å². The van der Waals surface area contributed by atoms with Crippen molar-refractivity contribution >= 4 is 0 Å². The van der Waals surface area contributed by atoms with E-state index in [4.69, 9.17) is 4.74 Å². The lowest BCUT2D eigenvalue weighted by Crippen LogP contribution is -2.16. The van der Waals surface area contributed by atoms with Crippen LogP contribution in [0.15, 0.2) is 47.5 Å². The van der Waals surface area contributed by atoms with E-state index in [1.54, 1.807) is 43.8 Å². The number of hydrogen-bond donors (Lipinski definition) is 0. The molecule has 0 aliphatic heterocycles. The first-order valence-electron chi connectivity index (χ1n) is 4.49. The van der Waals surface area contributed by atoms with Gasteiger partial charge in [0.15, 0.2) is 0 Å². The molecule has 76 valence electrons. The molecule has 0 atom stereocenters. The fourth-order valence-electron chi connectivity index (χ4n) is 1.28. The predicted octanol–water partition coefficient (Wildman–Crippen LogP) is 1.24. The Morgan fingerprint density at radius 1 is 1.33 bits per heavy atom. The third-order valence-electron chi connectivity index (χ3n) is 2.02. The summed E-state index contributed by atoms with van der Waals surface area (Å²) in [7, 11) is 1.58. The maximum atomic E-state index is 11.5. The van der Waals surface area contributed by atoms with Gasteiger partial charge in [-0.2, -0.15) is 0 Å². The summed E-state index contributed by atoms with van der Waals surface area (Å²) in [5.74, 6) is 1.23. The first kappa shape index (κ1) is 9.45. The lowest BCUT2D eigenvalue weighted by atomic mass is 10.4. The SMILES string of the molecule is COc1ccnc(-n2ccccc2=O)c1. The van der Waals surface area contributed by atoms with Crippen molar-refractivity contribution in [2.75, 3.05) is 7.11 Å². The highest BCUT2D eigenvalue weighted by atomic mass is 16.5. The largest absolute Gasteiger partial charge is 0.497 e. The average molecular weight is 202 g/mol. The van der Waals surface area contributed by atoms with Gasteiger partial charge in [-0.15, -0.1) is 0 Å². The van der Waals surface area contributed by atoms with Gasteiger partial charge in [-0.25, -0.2) is 4.98 Å². The van der Waals surface area contributed by atoms with Gasteiger partial charge < -0.3 is 4.74 Å². The molecule has 2 aromatic heterocycles. The van der Waals surface area contributed by atoms with Crippen molar-refractivity contribution in [1.82, 2.24) is 9.55 Å². The summed E-state index contributed by atoms with van der Waals surface area (Å²) in [6, 6.07) is 8.40. The quantitative estimate of drug-likeness (QED) is 0.736. The van der Waals surface area contributed by atoms with Crippen LogP contribution >= 0.6 is 0 Å². The second kappa shape index (κ2) is 3.96. The summed E-state index contributed by atoms with van der Waals surface area (Å²) >= 11 is 0. The minimum atomic E-state index is -0.113. The fourth-order valence-corrected chi connectivity index (χ4v) is 1.28. The number of rotatable bonds is 2. The molecule has 0 radical (unpaired) electrons. The Morgan fingerprint density at radius 2 is 2.20 bits per heavy atom. The number of aromatic nitrogens is 2. The standard InChI is InChI=1S/C11H10N2O2/c1-15-9-5-6-12-10(8-9)13-7-3-2-4-11(13)14/h2-8H,1H3. The van der Waals surface area contributed by atoms with Crippen molar-refractivity contribution in [2.45, 2.75) is 0 Å². The van der Waals surface area contributed by atoms with E-state index in [2.05, 4.69) is 4.98 Å². The third kappa shape index (κ3) is 1.88. The van der Waals surface area contributed by atoms with E-state index >= 15 is 0 Å². The Balaban J connectivity index is 2.54. The van der Waals surface area contributed by atoms with Crippen LogP contribution in [0.3, 0.4) is 0 Å². The van der Waals surface area contributed by atoms with Crippen LogP contribution in [0.1, 0.15) is 0 Å². The van der Waals surface area contributed by atoms with Crippen LogP contribution in [-0.2, 0) is 0 Å². The molecule has 0 bridgehead atoms. The Morgan fingerprint density at radius 3 is 2.93 bits per heavy atom. The summed E-state index contributed by atoms with van der Waals surface area (Å²) in [5, 5.41) is 0. The Bertz CT molecular complexity index is 520. The van der Waals surface area contributed by atoms with E-state index < -0.39 is 0 Å². The van der Waals surface area contributed by atoms with Gasteiger partial charge in [0, 0.05) is 24.5 Å². The van der Waals surface area contributed by atoms with Crippen LogP contribution in [0.5, 0.6) is 5.75 Å². The van der Waals surface area contributed by atoms with Gasteiger partial charge in [0.05, 0.1) is 7.11 Å². The van der Waals surface area contributed by atoms with Gasteiger partial charge in [0.2, 0.25) is 0 Å². The van der Waals surface area contributed by atoms with Crippen LogP contribution in [0.2, 0.25) is 0 Å². The molecule has 0 aromatic carbocycles. The number of methoxy groups -OCH3 is 1. The van der Waals surface area contributed by atoms with Gasteiger partial charge in [-0.3, -0.25) is 9.36 Å². The van der Waals surface area contributed by atoms with Gasteiger partial charge in [-0.1, -0.05) is 6.07 Å². The van der Waals surface area contributed by atoms with Crippen LogP contribution < -0.4 is 10.3 Å². The minimum absolute atomic E-state index is 0.113. The molecular weight excluding hydrogens is 192 g/mol. The smallest absolute Gasteiger partial charge is 0.256 e. The van der Waals surface area contributed by atoms with Crippen molar-refractivity contribution in [1.29, 1.82) is 0 Å². The van der Waals surface area contributed by atoms with Crippen molar-refractivity contribution in [2.24, 2.45) is 0 Å². The zero-order valence-electron chi connectivity index (χ0n) is 8.25. The highest BCUT2D eigenvalue weighted by Crippen LogP contribution is 2.11. The van der Waals surface area contributed by atoms with Crippen molar-refractivity contribution in [3.8, 4) is 11.6 Å². The minimum Gasteiger partial charge on any atom is -0.497 e.